The van der Waals surface area contributed by atoms with Crippen LogP contribution in [-0.4, -0.2) is 19.7 Å². The van der Waals surface area contributed by atoms with Crippen LogP contribution >= 0.6 is 0 Å². The van der Waals surface area contributed by atoms with E-state index in [4.69, 9.17) is 4.74 Å². The SMILES string of the molecule is FC(F)(F)c1cccc([C@H]2CNCCO2)c1. The quantitative estimate of drug-likeness (QED) is 0.801. The second-order valence-corrected chi connectivity index (χ2v) is 3.69. The highest BCUT2D eigenvalue weighted by molar-refractivity contribution is 5.27. The van der Waals surface area contributed by atoms with Crippen molar-refractivity contribution in [2.45, 2.75) is 12.3 Å². The molecule has 2 rings (SSSR count). The average Bonchev–Trinajstić information content (AvgIpc) is 2.29. The van der Waals surface area contributed by atoms with Crippen LogP contribution in [0.5, 0.6) is 0 Å². The van der Waals surface area contributed by atoms with Crippen molar-refractivity contribution >= 4 is 0 Å². The maximum absolute atomic E-state index is 12.5. The van der Waals surface area contributed by atoms with Gasteiger partial charge in [-0.25, -0.2) is 0 Å². The van der Waals surface area contributed by atoms with E-state index in [0.29, 0.717) is 18.7 Å². The highest BCUT2D eigenvalue weighted by Crippen LogP contribution is 2.31. The highest BCUT2D eigenvalue weighted by atomic mass is 19.4. The number of nitrogens with one attached hydrogen (secondary N) is 1. The second kappa shape index (κ2) is 4.43. The van der Waals surface area contributed by atoms with Crippen LogP contribution in [0.4, 0.5) is 13.2 Å². The predicted octanol–water partition coefficient (Wildman–Crippen LogP) is 2.37. The first-order valence-electron chi connectivity index (χ1n) is 5.07. The van der Waals surface area contributed by atoms with Crippen molar-refractivity contribution in [2.24, 2.45) is 0 Å². The van der Waals surface area contributed by atoms with Crippen LogP contribution in [0.1, 0.15) is 17.2 Å². The van der Waals surface area contributed by atoms with Crippen LogP contribution < -0.4 is 5.32 Å². The van der Waals surface area contributed by atoms with Crippen molar-refractivity contribution in [2.75, 3.05) is 19.7 Å². The fourth-order valence-corrected chi connectivity index (χ4v) is 1.69. The van der Waals surface area contributed by atoms with Crippen molar-refractivity contribution in [3.63, 3.8) is 0 Å². The van der Waals surface area contributed by atoms with Crippen molar-refractivity contribution in [3.05, 3.63) is 35.4 Å². The Morgan fingerprint density at radius 2 is 2.12 bits per heavy atom. The highest BCUT2D eigenvalue weighted by Gasteiger charge is 2.31. The van der Waals surface area contributed by atoms with E-state index >= 15 is 0 Å². The lowest BCUT2D eigenvalue weighted by Crippen LogP contribution is -2.33. The molecule has 1 atom stereocenters. The van der Waals surface area contributed by atoms with Crippen LogP contribution in [0.25, 0.3) is 0 Å². The molecule has 16 heavy (non-hydrogen) atoms. The summed E-state index contributed by atoms with van der Waals surface area (Å²) in [5.74, 6) is 0. The van der Waals surface area contributed by atoms with Gasteiger partial charge < -0.3 is 10.1 Å². The second-order valence-electron chi connectivity index (χ2n) is 3.69. The molecule has 0 aliphatic carbocycles. The molecule has 1 N–H and O–H groups in total. The standard InChI is InChI=1S/C11H12F3NO/c12-11(13,14)9-3-1-2-8(6-9)10-7-15-4-5-16-10/h1-3,6,10,15H,4-5,7H2/t10-/m1/s1. The van der Waals surface area contributed by atoms with E-state index in [-0.39, 0.29) is 6.10 Å². The minimum absolute atomic E-state index is 0.281. The fourth-order valence-electron chi connectivity index (χ4n) is 1.69. The molecule has 1 fully saturated rings. The summed E-state index contributed by atoms with van der Waals surface area (Å²) in [6, 6.07) is 5.29. The summed E-state index contributed by atoms with van der Waals surface area (Å²) in [6.07, 6.45) is -4.57. The number of alkyl halides is 3. The lowest BCUT2D eigenvalue weighted by molar-refractivity contribution is -0.137. The molecule has 0 bridgehead atoms. The summed E-state index contributed by atoms with van der Waals surface area (Å²) in [7, 11) is 0. The van der Waals surface area contributed by atoms with Crippen LogP contribution in [0, 0.1) is 0 Å². The Hall–Kier alpha value is -1.07. The van der Waals surface area contributed by atoms with Gasteiger partial charge in [-0.2, -0.15) is 13.2 Å². The first-order chi connectivity index (χ1) is 7.57. The van der Waals surface area contributed by atoms with Gasteiger partial charge in [0, 0.05) is 13.1 Å². The summed E-state index contributed by atoms with van der Waals surface area (Å²) in [4.78, 5) is 0. The molecule has 1 aromatic rings. The Morgan fingerprint density at radius 1 is 1.31 bits per heavy atom. The predicted molar refractivity (Wildman–Crippen MR) is 53.0 cm³/mol. The lowest BCUT2D eigenvalue weighted by atomic mass is 10.0. The van der Waals surface area contributed by atoms with Gasteiger partial charge in [-0.15, -0.1) is 0 Å². The Bertz CT molecular complexity index is 358. The third-order valence-corrected chi connectivity index (χ3v) is 2.51. The lowest BCUT2D eigenvalue weighted by Gasteiger charge is -2.24. The molecule has 1 aromatic carbocycles. The summed E-state index contributed by atoms with van der Waals surface area (Å²) in [5, 5.41) is 3.09. The van der Waals surface area contributed by atoms with E-state index in [1.165, 1.54) is 6.07 Å². The molecule has 0 amide bonds. The smallest absolute Gasteiger partial charge is 0.371 e. The molecule has 2 nitrogen and oxygen atoms in total. The van der Waals surface area contributed by atoms with Crippen molar-refractivity contribution < 1.29 is 17.9 Å². The molecule has 0 saturated carbocycles. The molecule has 0 unspecified atom stereocenters. The molecular formula is C11H12F3NO. The van der Waals surface area contributed by atoms with Gasteiger partial charge in [0.25, 0.3) is 0 Å². The largest absolute Gasteiger partial charge is 0.416 e. The van der Waals surface area contributed by atoms with E-state index in [1.807, 2.05) is 0 Å². The van der Waals surface area contributed by atoms with Gasteiger partial charge in [-0.1, -0.05) is 12.1 Å². The summed E-state index contributed by atoms with van der Waals surface area (Å²) in [5.41, 5.74) is -0.0544. The topological polar surface area (TPSA) is 21.3 Å². The molecule has 5 heteroatoms. The van der Waals surface area contributed by atoms with E-state index in [0.717, 1.165) is 18.7 Å². The molecule has 88 valence electrons. The first kappa shape index (κ1) is 11.4. The Kier molecular flexibility index (Phi) is 3.16. The monoisotopic (exact) mass is 231 g/mol. The van der Waals surface area contributed by atoms with Crippen molar-refractivity contribution in [1.29, 1.82) is 0 Å². The van der Waals surface area contributed by atoms with Crippen LogP contribution in [-0.2, 0) is 10.9 Å². The molecule has 0 spiro atoms. The van der Waals surface area contributed by atoms with Gasteiger partial charge in [-0.3, -0.25) is 0 Å². The van der Waals surface area contributed by atoms with Gasteiger partial charge in [0.15, 0.2) is 0 Å². The zero-order chi connectivity index (χ0) is 11.6. The molecule has 0 aromatic heterocycles. The molecule has 1 aliphatic rings. The summed E-state index contributed by atoms with van der Waals surface area (Å²) < 4.78 is 42.8. The van der Waals surface area contributed by atoms with E-state index in [2.05, 4.69) is 5.32 Å². The summed E-state index contributed by atoms with van der Waals surface area (Å²) >= 11 is 0. The number of hydrogen-bond acceptors (Lipinski definition) is 2. The van der Waals surface area contributed by atoms with E-state index < -0.39 is 11.7 Å². The molecule has 1 saturated heterocycles. The molecular weight excluding hydrogens is 219 g/mol. The van der Waals surface area contributed by atoms with Crippen LogP contribution in [0.15, 0.2) is 24.3 Å². The number of ether oxygens (including phenoxy) is 1. The minimum atomic E-state index is -4.29. The fraction of sp³-hybridized carbons (Fsp3) is 0.455. The van der Waals surface area contributed by atoms with E-state index in [1.54, 1.807) is 6.07 Å². The molecule has 1 heterocycles. The Balaban J connectivity index is 2.21. The van der Waals surface area contributed by atoms with Gasteiger partial charge in [0.2, 0.25) is 0 Å². The van der Waals surface area contributed by atoms with Crippen LogP contribution in [0.2, 0.25) is 0 Å². The zero-order valence-corrected chi connectivity index (χ0v) is 8.55. The maximum atomic E-state index is 12.5. The number of morpholine rings is 1. The van der Waals surface area contributed by atoms with Gasteiger partial charge in [0.1, 0.15) is 0 Å². The minimum Gasteiger partial charge on any atom is -0.371 e. The molecule has 0 radical (unpaired) electrons. The van der Waals surface area contributed by atoms with Crippen LogP contribution in [0.3, 0.4) is 0 Å². The van der Waals surface area contributed by atoms with E-state index in [9.17, 15) is 13.2 Å². The Morgan fingerprint density at radius 3 is 2.75 bits per heavy atom. The van der Waals surface area contributed by atoms with Gasteiger partial charge in [-0.05, 0) is 17.7 Å². The van der Waals surface area contributed by atoms with Crippen molar-refractivity contribution in [1.82, 2.24) is 5.32 Å². The number of rotatable bonds is 1. The maximum Gasteiger partial charge on any atom is 0.416 e. The third-order valence-electron chi connectivity index (χ3n) is 2.51. The first-order valence-corrected chi connectivity index (χ1v) is 5.07. The number of benzene rings is 1. The zero-order valence-electron chi connectivity index (χ0n) is 8.55. The Labute approximate surface area is 91.4 Å². The number of hydrogen-bond donors (Lipinski definition) is 1. The third kappa shape index (κ3) is 2.54. The summed E-state index contributed by atoms with van der Waals surface area (Å²) in [6.45, 7) is 1.83. The normalized spacial score (nSPS) is 22.1. The molecule has 1 aliphatic heterocycles. The van der Waals surface area contributed by atoms with Crippen molar-refractivity contribution in [3.8, 4) is 0 Å². The van der Waals surface area contributed by atoms with Gasteiger partial charge >= 0.3 is 6.18 Å². The average molecular weight is 231 g/mol. The van der Waals surface area contributed by atoms with Gasteiger partial charge in [0.05, 0.1) is 18.3 Å². The number of halogens is 3.